The second-order valence-electron chi connectivity index (χ2n) is 9.25. The number of anilines is 2. The number of carbonyl (C=O) groups excluding carboxylic acids is 1. The number of hydrogen-bond donors (Lipinski definition) is 2. The lowest BCUT2D eigenvalue weighted by molar-refractivity contribution is -0.138. The third-order valence-corrected chi connectivity index (χ3v) is 6.85. The number of aliphatic hydroxyl groups excluding tert-OH is 1. The molecule has 0 unspecified atom stereocenters. The van der Waals surface area contributed by atoms with Gasteiger partial charge in [0.1, 0.15) is 18.0 Å². The standard InChI is InChI=1S/C26H27F3N2O4/c27-26(28,29)18-6-7-19-17(16-25(8-2-9-25)35-22(19)15-18)14-23(33)30-20-4-1-5-21-24(20)34-13-11-31(21)10-3-12-32/h1,4-7,14-15,32H,2-3,8-13,16H2,(H,30,33)/b17-14+. The fourth-order valence-electron chi connectivity index (χ4n) is 4.96. The first-order valence-electron chi connectivity index (χ1n) is 11.8. The number of fused-ring (bicyclic) bond motifs is 2. The first kappa shape index (κ1) is 23.5. The number of carbonyl (C=O) groups is 1. The van der Waals surface area contributed by atoms with Gasteiger partial charge in [0.25, 0.3) is 0 Å². The van der Waals surface area contributed by atoms with Gasteiger partial charge < -0.3 is 24.8 Å². The molecule has 1 aliphatic carbocycles. The molecule has 2 heterocycles. The number of alkyl halides is 3. The normalized spacial score (nSPS) is 19.3. The minimum Gasteiger partial charge on any atom is -0.487 e. The third kappa shape index (κ3) is 4.69. The summed E-state index contributed by atoms with van der Waals surface area (Å²) in [6.07, 6.45) is 0.505. The first-order chi connectivity index (χ1) is 16.8. The summed E-state index contributed by atoms with van der Waals surface area (Å²) in [5.74, 6) is 0.359. The van der Waals surface area contributed by atoms with Crippen LogP contribution in [0.1, 0.15) is 43.2 Å². The molecule has 1 fully saturated rings. The van der Waals surface area contributed by atoms with Crippen LogP contribution >= 0.6 is 0 Å². The summed E-state index contributed by atoms with van der Waals surface area (Å²) in [4.78, 5) is 15.2. The Morgan fingerprint density at radius 1 is 1.23 bits per heavy atom. The average molecular weight is 489 g/mol. The molecule has 3 aliphatic rings. The number of amides is 1. The zero-order valence-corrected chi connectivity index (χ0v) is 19.2. The van der Waals surface area contributed by atoms with Crippen LogP contribution in [0.2, 0.25) is 0 Å². The molecule has 2 N–H and O–H groups in total. The van der Waals surface area contributed by atoms with Crippen LogP contribution in [0.15, 0.2) is 42.5 Å². The minimum absolute atomic E-state index is 0.0911. The predicted molar refractivity (Wildman–Crippen MR) is 126 cm³/mol. The van der Waals surface area contributed by atoms with E-state index >= 15 is 0 Å². The molecule has 0 saturated heterocycles. The molecule has 0 atom stereocenters. The van der Waals surface area contributed by atoms with Gasteiger partial charge in [-0.15, -0.1) is 0 Å². The van der Waals surface area contributed by atoms with Crippen molar-refractivity contribution >= 4 is 22.9 Å². The highest BCUT2D eigenvalue weighted by Crippen LogP contribution is 2.50. The van der Waals surface area contributed by atoms with Crippen molar-refractivity contribution in [2.24, 2.45) is 0 Å². The van der Waals surface area contributed by atoms with Crippen LogP contribution in [-0.2, 0) is 11.0 Å². The number of ether oxygens (including phenoxy) is 2. The summed E-state index contributed by atoms with van der Waals surface area (Å²) in [5.41, 5.74) is 1.22. The molecule has 2 aliphatic heterocycles. The van der Waals surface area contributed by atoms with Crippen LogP contribution in [-0.4, -0.2) is 42.9 Å². The fourth-order valence-corrected chi connectivity index (χ4v) is 4.96. The Morgan fingerprint density at radius 2 is 2.06 bits per heavy atom. The number of hydrogen-bond acceptors (Lipinski definition) is 5. The van der Waals surface area contributed by atoms with Crippen LogP contribution in [0.5, 0.6) is 11.5 Å². The second-order valence-corrected chi connectivity index (χ2v) is 9.25. The molecule has 9 heteroatoms. The third-order valence-electron chi connectivity index (χ3n) is 6.85. The fraction of sp³-hybridized carbons (Fsp3) is 0.423. The minimum atomic E-state index is -4.47. The molecular formula is C26H27F3N2O4. The van der Waals surface area contributed by atoms with Crippen molar-refractivity contribution in [3.63, 3.8) is 0 Å². The van der Waals surface area contributed by atoms with Crippen molar-refractivity contribution in [3.05, 3.63) is 53.6 Å². The van der Waals surface area contributed by atoms with E-state index in [2.05, 4.69) is 10.2 Å². The molecule has 0 aromatic heterocycles. The maximum atomic E-state index is 13.3. The summed E-state index contributed by atoms with van der Waals surface area (Å²) in [7, 11) is 0. The van der Waals surface area contributed by atoms with Gasteiger partial charge in [-0.1, -0.05) is 12.1 Å². The zero-order chi connectivity index (χ0) is 24.6. The molecule has 0 radical (unpaired) electrons. The molecule has 186 valence electrons. The van der Waals surface area contributed by atoms with Gasteiger partial charge in [-0.05, 0) is 55.5 Å². The molecule has 6 nitrogen and oxygen atoms in total. The van der Waals surface area contributed by atoms with Crippen LogP contribution in [0.4, 0.5) is 24.5 Å². The Kier molecular flexibility index (Phi) is 6.13. The Bertz CT molecular complexity index is 1160. The van der Waals surface area contributed by atoms with E-state index in [-0.39, 0.29) is 18.3 Å². The van der Waals surface area contributed by atoms with Gasteiger partial charge in [-0.3, -0.25) is 4.79 Å². The van der Waals surface area contributed by atoms with Gasteiger partial charge in [-0.25, -0.2) is 0 Å². The molecule has 0 bridgehead atoms. The summed E-state index contributed by atoms with van der Waals surface area (Å²) >= 11 is 0. The van der Waals surface area contributed by atoms with Crippen molar-refractivity contribution in [2.45, 2.75) is 43.9 Å². The Balaban J connectivity index is 1.42. The van der Waals surface area contributed by atoms with Crippen molar-refractivity contribution in [3.8, 4) is 11.5 Å². The molecular weight excluding hydrogens is 461 g/mol. The van der Waals surface area contributed by atoms with E-state index in [1.54, 1.807) is 6.07 Å². The maximum Gasteiger partial charge on any atom is 0.416 e. The highest BCUT2D eigenvalue weighted by Gasteiger charge is 2.44. The largest absolute Gasteiger partial charge is 0.487 e. The predicted octanol–water partition coefficient (Wildman–Crippen LogP) is 5.01. The van der Waals surface area contributed by atoms with Crippen LogP contribution in [0.3, 0.4) is 0 Å². The van der Waals surface area contributed by atoms with E-state index in [1.165, 1.54) is 12.1 Å². The lowest BCUT2D eigenvalue weighted by atomic mass is 9.72. The van der Waals surface area contributed by atoms with Crippen LogP contribution in [0.25, 0.3) is 5.57 Å². The summed E-state index contributed by atoms with van der Waals surface area (Å²) in [6, 6.07) is 8.93. The van der Waals surface area contributed by atoms with Crippen molar-refractivity contribution < 1.29 is 32.5 Å². The van der Waals surface area contributed by atoms with E-state index in [9.17, 15) is 23.1 Å². The molecule has 1 saturated carbocycles. The lowest BCUT2D eigenvalue weighted by Gasteiger charge is -2.46. The number of nitrogens with one attached hydrogen (secondary N) is 1. The maximum absolute atomic E-state index is 13.3. The van der Waals surface area contributed by atoms with Crippen molar-refractivity contribution in [2.75, 3.05) is 36.5 Å². The van der Waals surface area contributed by atoms with Gasteiger partial charge in [0, 0.05) is 31.2 Å². The van der Waals surface area contributed by atoms with Gasteiger partial charge in [0.2, 0.25) is 5.91 Å². The first-order valence-corrected chi connectivity index (χ1v) is 11.8. The monoisotopic (exact) mass is 488 g/mol. The summed E-state index contributed by atoms with van der Waals surface area (Å²) in [6.45, 7) is 1.91. The number of halogens is 3. The van der Waals surface area contributed by atoms with Crippen molar-refractivity contribution in [1.29, 1.82) is 0 Å². The van der Waals surface area contributed by atoms with E-state index in [0.29, 0.717) is 55.1 Å². The number of nitrogens with zero attached hydrogens (tertiary/aromatic N) is 1. The number of para-hydroxylation sites is 1. The van der Waals surface area contributed by atoms with Crippen LogP contribution in [0, 0.1) is 0 Å². The highest BCUT2D eigenvalue weighted by atomic mass is 19.4. The molecule has 2 aromatic carbocycles. The highest BCUT2D eigenvalue weighted by molar-refractivity contribution is 6.06. The molecule has 1 amide bonds. The second kappa shape index (κ2) is 9.11. The lowest BCUT2D eigenvalue weighted by Crippen LogP contribution is -2.45. The van der Waals surface area contributed by atoms with E-state index < -0.39 is 17.3 Å². The SMILES string of the molecule is O=C(/C=C1\CC2(CCC2)Oc2cc(C(F)(F)F)ccc21)Nc1cccc2c1OCCN2CCCO. The molecule has 5 rings (SSSR count). The molecule has 35 heavy (non-hydrogen) atoms. The van der Waals surface area contributed by atoms with Gasteiger partial charge in [0.05, 0.1) is 23.5 Å². The summed E-state index contributed by atoms with van der Waals surface area (Å²) in [5, 5.41) is 12.1. The number of benzene rings is 2. The van der Waals surface area contributed by atoms with Gasteiger partial charge in [-0.2, -0.15) is 13.2 Å². The molecule has 2 aromatic rings. The summed E-state index contributed by atoms with van der Waals surface area (Å²) < 4.78 is 51.7. The van der Waals surface area contributed by atoms with Crippen LogP contribution < -0.4 is 19.7 Å². The Hall–Kier alpha value is -3.20. The Morgan fingerprint density at radius 3 is 2.77 bits per heavy atom. The van der Waals surface area contributed by atoms with E-state index in [0.717, 1.165) is 37.1 Å². The zero-order valence-electron chi connectivity index (χ0n) is 19.2. The smallest absolute Gasteiger partial charge is 0.416 e. The number of aliphatic hydroxyl groups is 1. The van der Waals surface area contributed by atoms with E-state index in [4.69, 9.17) is 9.47 Å². The van der Waals surface area contributed by atoms with Gasteiger partial charge in [0.15, 0.2) is 5.75 Å². The Labute approximate surface area is 201 Å². The van der Waals surface area contributed by atoms with E-state index in [1.807, 2.05) is 12.1 Å². The topological polar surface area (TPSA) is 71.0 Å². The quantitative estimate of drug-likeness (QED) is 0.579. The van der Waals surface area contributed by atoms with Crippen molar-refractivity contribution in [1.82, 2.24) is 0 Å². The average Bonchev–Trinajstić information content (AvgIpc) is 2.81. The number of rotatable bonds is 5. The molecule has 1 spiro atoms. The van der Waals surface area contributed by atoms with Gasteiger partial charge >= 0.3 is 6.18 Å².